The van der Waals surface area contributed by atoms with Crippen LogP contribution in [-0.2, 0) is 21.3 Å². The fourth-order valence-electron chi connectivity index (χ4n) is 3.81. The highest BCUT2D eigenvalue weighted by Gasteiger charge is 2.34. The van der Waals surface area contributed by atoms with Gasteiger partial charge in [0.1, 0.15) is 5.65 Å². The van der Waals surface area contributed by atoms with Crippen LogP contribution in [0, 0.1) is 20.8 Å². The number of hydrogen-bond donors (Lipinski definition) is 0. The van der Waals surface area contributed by atoms with Gasteiger partial charge >= 0.3 is 5.97 Å². The van der Waals surface area contributed by atoms with Crippen molar-refractivity contribution in [1.29, 1.82) is 0 Å². The Labute approximate surface area is 183 Å². The molecule has 0 aliphatic carbocycles. The molecule has 160 valence electrons. The van der Waals surface area contributed by atoms with Crippen molar-refractivity contribution in [2.45, 2.75) is 53.2 Å². The molecule has 0 aliphatic rings. The summed E-state index contributed by atoms with van der Waals surface area (Å²) in [7, 11) is 3.38. The molecule has 0 unspecified atom stereocenters. The van der Waals surface area contributed by atoms with Crippen molar-refractivity contribution in [2.75, 3.05) is 7.11 Å². The van der Waals surface area contributed by atoms with Crippen LogP contribution in [0.15, 0.2) is 24.3 Å². The van der Waals surface area contributed by atoms with E-state index in [1.807, 2.05) is 59.0 Å². The number of pyridine rings is 1. The summed E-state index contributed by atoms with van der Waals surface area (Å²) in [6.45, 7) is 11.8. The molecule has 0 saturated carbocycles. The minimum Gasteiger partial charge on any atom is -0.467 e. The van der Waals surface area contributed by atoms with Gasteiger partial charge in [-0.15, -0.1) is 0 Å². The number of methoxy groups -OCH3 is 1. The van der Waals surface area contributed by atoms with Crippen LogP contribution in [0.4, 0.5) is 0 Å². The van der Waals surface area contributed by atoms with E-state index in [0.29, 0.717) is 5.02 Å². The number of nitrogens with zero attached hydrogens (tertiary/aromatic N) is 2. The molecule has 1 atom stereocenters. The lowest BCUT2D eigenvalue weighted by Crippen LogP contribution is -2.29. The van der Waals surface area contributed by atoms with E-state index in [1.54, 1.807) is 0 Å². The van der Waals surface area contributed by atoms with Crippen LogP contribution in [0.5, 0.6) is 0 Å². The molecule has 0 radical (unpaired) electrons. The molecule has 0 aliphatic heterocycles. The van der Waals surface area contributed by atoms with Crippen molar-refractivity contribution in [3.63, 3.8) is 0 Å². The Bertz CT molecular complexity index is 1110. The van der Waals surface area contributed by atoms with E-state index < -0.39 is 17.7 Å². The van der Waals surface area contributed by atoms with Gasteiger partial charge in [0, 0.05) is 40.0 Å². The summed E-state index contributed by atoms with van der Waals surface area (Å²) in [5, 5.41) is 1.66. The molecule has 0 N–H and O–H groups in total. The predicted octanol–water partition coefficient (Wildman–Crippen LogP) is 5.85. The Kier molecular flexibility index (Phi) is 5.99. The Morgan fingerprint density at radius 2 is 1.73 bits per heavy atom. The van der Waals surface area contributed by atoms with Gasteiger partial charge in [-0.05, 0) is 64.8 Å². The highest BCUT2D eigenvalue weighted by molar-refractivity contribution is 6.30. The number of carbonyl (C=O) groups excluding carboxylic acids is 1. The molecule has 3 rings (SSSR count). The highest BCUT2D eigenvalue weighted by atomic mass is 35.5. The second kappa shape index (κ2) is 8.05. The zero-order valence-corrected chi connectivity index (χ0v) is 19.6. The number of fused-ring (bicyclic) bond motifs is 1. The van der Waals surface area contributed by atoms with Gasteiger partial charge in [0.15, 0.2) is 6.10 Å². The van der Waals surface area contributed by atoms with Crippen molar-refractivity contribution in [1.82, 2.24) is 9.55 Å². The maximum absolute atomic E-state index is 12.9. The molecule has 0 bridgehead atoms. The summed E-state index contributed by atoms with van der Waals surface area (Å²) in [4.78, 5) is 17.7. The van der Waals surface area contributed by atoms with E-state index >= 15 is 0 Å². The van der Waals surface area contributed by atoms with Crippen LogP contribution in [-0.4, -0.2) is 28.2 Å². The SMILES string of the molecule is COC(=O)[C@H](OC(C)(C)C)c1c(C)nc2c(c(C)c(C)n2C)c1-c1ccc(Cl)cc1. The third kappa shape index (κ3) is 3.96. The van der Waals surface area contributed by atoms with Gasteiger partial charge in [-0.3, -0.25) is 0 Å². The fraction of sp³-hybridized carbons (Fsp3) is 0.417. The molecule has 1 aromatic carbocycles. The smallest absolute Gasteiger partial charge is 0.339 e. The largest absolute Gasteiger partial charge is 0.467 e. The zero-order valence-electron chi connectivity index (χ0n) is 18.9. The molecule has 30 heavy (non-hydrogen) atoms. The Hall–Kier alpha value is -2.37. The van der Waals surface area contributed by atoms with Crippen molar-refractivity contribution >= 4 is 28.6 Å². The Morgan fingerprint density at radius 3 is 2.27 bits per heavy atom. The lowest BCUT2D eigenvalue weighted by Gasteiger charge is -2.28. The van der Waals surface area contributed by atoms with Crippen LogP contribution in [0.25, 0.3) is 22.2 Å². The standard InChI is InChI=1S/C24H29ClN2O3/c1-13-15(3)27(7)22-18(13)20(16-9-11-17(25)12-10-16)19(14(2)26-22)21(23(28)29-8)30-24(4,5)6/h9-12,21H,1-8H3/t21-/m1/s1. The molecule has 2 aromatic heterocycles. The maximum atomic E-state index is 12.9. The fourth-order valence-corrected chi connectivity index (χ4v) is 3.94. The van der Waals surface area contributed by atoms with Gasteiger partial charge in [0.2, 0.25) is 0 Å². The normalized spacial score (nSPS) is 13.0. The Morgan fingerprint density at radius 1 is 1.13 bits per heavy atom. The molecule has 5 nitrogen and oxygen atoms in total. The number of hydrogen-bond acceptors (Lipinski definition) is 4. The minimum atomic E-state index is -0.905. The summed E-state index contributed by atoms with van der Waals surface area (Å²) in [6, 6.07) is 7.64. The van der Waals surface area contributed by atoms with E-state index in [-0.39, 0.29) is 0 Å². The second-order valence-corrected chi connectivity index (χ2v) is 9.03. The first-order valence-corrected chi connectivity index (χ1v) is 10.3. The summed E-state index contributed by atoms with van der Waals surface area (Å²) in [5.41, 5.74) is 5.88. The summed E-state index contributed by atoms with van der Waals surface area (Å²) < 4.78 is 13.4. The van der Waals surface area contributed by atoms with Crippen LogP contribution >= 0.6 is 11.6 Å². The van der Waals surface area contributed by atoms with Crippen LogP contribution in [0.2, 0.25) is 5.02 Å². The number of benzene rings is 1. The van der Waals surface area contributed by atoms with E-state index in [0.717, 1.165) is 44.7 Å². The number of ether oxygens (including phenoxy) is 2. The highest BCUT2D eigenvalue weighted by Crippen LogP contribution is 2.42. The molecule has 6 heteroatoms. The molecule has 0 spiro atoms. The number of aryl methyl sites for hydroxylation is 3. The van der Waals surface area contributed by atoms with E-state index in [9.17, 15) is 4.79 Å². The Balaban J connectivity index is 2.47. The monoisotopic (exact) mass is 428 g/mol. The molecule has 0 amide bonds. The summed E-state index contributed by atoms with van der Waals surface area (Å²) in [5.74, 6) is -0.449. The topological polar surface area (TPSA) is 53.4 Å². The molecule has 0 fully saturated rings. The first-order chi connectivity index (χ1) is 14.0. The summed E-state index contributed by atoms with van der Waals surface area (Å²) in [6.07, 6.45) is -0.905. The number of halogens is 1. The van der Waals surface area contributed by atoms with Gasteiger partial charge in [-0.25, -0.2) is 9.78 Å². The van der Waals surface area contributed by atoms with Gasteiger partial charge in [0.05, 0.1) is 12.7 Å². The zero-order chi connectivity index (χ0) is 22.4. The van der Waals surface area contributed by atoms with Gasteiger partial charge in [0.25, 0.3) is 0 Å². The van der Waals surface area contributed by atoms with E-state index in [1.165, 1.54) is 7.11 Å². The third-order valence-electron chi connectivity index (χ3n) is 5.43. The van der Waals surface area contributed by atoms with Crippen molar-refractivity contribution in [3.05, 3.63) is 51.8 Å². The number of carbonyl (C=O) groups is 1. The van der Waals surface area contributed by atoms with Gasteiger partial charge in [-0.1, -0.05) is 23.7 Å². The van der Waals surface area contributed by atoms with Gasteiger partial charge < -0.3 is 14.0 Å². The van der Waals surface area contributed by atoms with Crippen LogP contribution in [0.1, 0.15) is 49.4 Å². The molecule has 0 saturated heterocycles. The number of esters is 1. The van der Waals surface area contributed by atoms with Crippen molar-refractivity contribution in [2.24, 2.45) is 7.05 Å². The van der Waals surface area contributed by atoms with Crippen molar-refractivity contribution < 1.29 is 14.3 Å². The predicted molar refractivity (Wildman–Crippen MR) is 121 cm³/mol. The molecule has 2 heterocycles. The summed E-state index contributed by atoms with van der Waals surface area (Å²) >= 11 is 6.16. The number of aromatic nitrogens is 2. The van der Waals surface area contributed by atoms with E-state index in [4.69, 9.17) is 26.1 Å². The first kappa shape index (κ1) is 22.3. The van der Waals surface area contributed by atoms with Gasteiger partial charge in [-0.2, -0.15) is 0 Å². The van der Waals surface area contributed by atoms with E-state index in [2.05, 4.69) is 18.4 Å². The quantitative estimate of drug-likeness (QED) is 0.489. The third-order valence-corrected chi connectivity index (χ3v) is 5.68. The van der Waals surface area contributed by atoms with Crippen LogP contribution < -0.4 is 0 Å². The molecular weight excluding hydrogens is 400 g/mol. The number of rotatable bonds is 4. The lowest BCUT2D eigenvalue weighted by molar-refractivity contribution is -0.164. The molecular formula is C24H29ClN2O3. The second-order valence-electron chi connectivity index (χ2n) is 8.59. The average Bonchev–Trinajstić information content (AvgIpc) is 2.89. The lowest BCUT2D eigenvalue weighted by atomic mass is 9.91. The minimum absolute atomic E-state index is 0.449. The van der Waals surface area contributed by atoms with Crippen molar-refractivity contribution in [3.8, 4) is 11.1 Å². The van der Waals surface area contributed by atoms with Crippen LogP contribution in [0.3, 0.4) is 0 Å². The average molecular weight is 429 g/mol. The molecule has 3 aromatic rings. The first-order valence-electron chi connectivity index (χ1n) is 9.94. The maximum Gasteiger partial charge on any atom is 0.339 e.